The maximum absolute atomic E-state index is 11.8. The van der Waals surface area contributed by atoms with Crippen LogP contribution in [0.15, 0.2) is 18.2 Å². The summed E-state index contributed by atoms with van der Waals surface area (Å²) >= 11 is 3.35. The summed E-state index contributed by atoms with van der Waals surface area (Å²) in [6.07, 6.45) is 0. The molecule has 2 atom stereocenters. The van der Waals surface area contributed by atoms with Crippen LogP contribution in [0.4, 0.5) is 0 Å². The number of rotatable bonds is 4. The summed E-state index contributed by atoms with van der Waals surface area (Å²) in [6, 6.07) is 3.90. The van der Waals surface area contributed by atoms with Crippen LogP contribution in [0.2, 0.25) is 0 Å². The average molecular weight is 302 g/mol. The van der Waals surface area contributed by atoms with Crippen LogP contribution in [0, 0.1) is 5.92 Å². The van der Waals surface area contributed by atoms with Gasteiger partial charge < -0.3 is 15.5 Å². The van der Waals surface area contributed by atoms with Crippen molar-refractivity contribution in [2.75, 3.05) is 5.33 Å². The molecule has 1 aromatic carbocycles. The van der Waals surface area contributed by atoms with Crippen LogP contribution in [0.1, 0.15) is 24.2 Å². The molecule has 4 nitrogen and oxygen atoms in total. The number of amides is 1. The molecule has 0 radical (unpaired) electrons. The number of hydrogen-bond acceptors (Lipinski definition) is 3. The van der Waals surface area contributed by atoms with Gasteiger partial charge in [0.05, 0.1) is 5.56 Å². The van der Waals surface area contributed by atoms with Crippen molar-refractivity contribution in [3.63, 3.8) is 0 Å². The van der Waals surface area contributed by atoms with Crippen LogP contribution in [0.3, 0.4) is 0 Å². The zero-order valence-electron chi connectivity index (χ0n) is 9.77. The third-order valence-electron chi connectivity index (χ3n) is 2.68. The topological polar surface area (TPSA) is 69.6 Å². The third-order valence-corrected chi connectivity index (χ3v) is 3.70. The molecule has 1 aromatic rings. The number of halogens is 1. The van der Waals surface area contributed by atoms with Crippen molar-refractivity contribution in [2.24, 2.45) is 5.92 Å². The number of benzene rings is 1. The molecule has 0 aliphatic rings. The second-order valence-electron chi connectivity index (χ2n) is 4.10. The number of nitrogens with one attached hydrogen (secondary N) is 1. The van der Waals surface area contributed by atoms with Crippen molar-refractivity contribution in [3.8, 4) is 11.5 Å². The maximum atomic E-state index is 11.8. The molecule has 1 amide bonds. The lowest BCUT2D eigenvalue weighted by atomic mass is 10.1. The van der Waals surface area contributed by atoms with Gasteiger partial charge in [-0.3, -0.25) is 4.79 Å². The Balaban J connectivity index is 2.76. The van der Waals surface area contributed by atoms with E-state index in [0.29, 0.717) is 5.92 Å². The molecular weight excluding hydrogens is 286 g/mol. The number of phenols is 2. The fourth-order valence-electron chi connectivity index (χ4n) is 1.27. The van der Waals surface area contributed by atoms with E-state index in [0.717, 1.165) is 11.4 Å². The Hall–Kier alpha value is -1.23. The Bertz CT molecular complexity index is 409. The van der Waals surface area contributed by atoms with E-state index in [1.54, 1.807) is 0 Å². The molecule has 0 aromatic heterocycles. The normalized spacial score (nSPS) is 14.1. The van der Waals surface area contributed by atoms with Gasteiger partial charge in [-0.2, -0.15) is 0 Å². The van der Waals surface area contributed by atoms with Crippen LogP contribution in [0.25, 0.3) is 0 Å². The Morgan fingerprint density at radius 2 is 2.06 bits per heavy atom. The molecule has 1 rings (SSSR count). The fraction of sp³-hybridized carbons (Fsp3) is 0.417. The SMILES string of the molecule is CC(CBr)C(C)NC(=O)c1ccc(O)cc1O. The van der Waals surface area contributed by atoms with Crippen LogP contribution in [0.5, 0.6) is 11.5 Å². The molecule has 0 spiro atoms. The van der Waals surface area contributed by atoms with Crippen molar-refractivity contribution in [1.82, 2.24) is 5.32 Å². The van der Waals surface area contributed by atoms with Gasteiger partial charge in [0, 0.05) is 17.4 Å². The molecule has 0 saturated carbocycles. The van der Waals surface area contributed by atoms with Crippen molar-refractivity contribution in [2.45, 2.75) is 19.9 Å². The number of phenolic OH excluding ortho intramolecular Hbond substituents is 2. The largest absolute Gasteiger partial charge is 0.508 e. The molecule has 5 heteroatoms. The minimum Gasteiger partial charge on any atom is -0.508 e. The van der Waals surface area contributed by atoms with E-state index in [2.05, 4.69) is 21.2 Å². The number of carbonyl (C=O) groups excluding carboxylic acids is 1. The Morgan fingerprint density at radius 3 is 2.59 bits per heavy atom. The molecule has 0 bridgehead atoms. The average Bonchev–Trinajstić information content (AvgIpc) is 2.27. The number of aromatic hydroxyl groups is 2. The molecule has 94 valence electrons. The first-order chi connectivity index (χ1) is 7.95. The van der Waals surface area contributed by atoms with Gasteiger partial charge in [-0.05, 0) is 25.0 Å². The molecule has 2 unspecified atom stereocenters. The monoisotopic (exact) mass is 301 g/mol. The van der Waals surface area contributed by atoms with E-state index in [1.807, 2.05) is 13.8 Å². The first kappa shape index (κ1) is 13.8. The molecule has 0 aliphatic heterocycles. The zero-order valence-corrected chi connectivity index (χ0v) is 11.4. The second-order valence-corrected chi connectivity index (χ2v) is 4.74. The zero-order chi connectivity index (χ0) is 13.0. The van der Waals surface area contributed by atoms with Gasteiger partial charge in [0.25, 0.3) is 5.91 Å². The highest BCUT2D eigenvalue weighted by Gasteiger charge is 2.17. The minimum absolute atomic E-state index is 0.00456. The highest BCUT2D eigenvalue weighted by atomic mass is 79.9. The molecule has 0 aliphatic carbocycles. The predicted octanol–water partition coefficient (Wildman–Crippen LogP) is 2.25. The predicted molar refractivity (Wildman–Crippen MR) is 69.7 cm³/mol. The van der Waals surface area contributed by atoms with Gasteiger partial charge in [-0.25, -0.2) is 0 Å². The van der Waals surface area contributed by atoms with E-state index < -0.39 is 0 Å². The molecular formula is C12H16BrNO3. The molecule has 17 heavy (non-hydrogen) atoms. The van der Waals surface area contributed by atoms with E-state index >= 15 is 0 Å². The van der Waals surface area contributed by atoms with E-state index in [1.165, 1.54) is 12.1 Å². The van der Waals surface area contributed by atoms with Crippen LogP contribution >= 0.6 is 15.9 Å². The van der Waals surface area contributed by atoms with Crippen molar-refractivity contribution in [1.29, 1.82) is 0 Å². The summed E-state index contributed by atoms with van der Waals surface area (Å²) in [5, 5.41) is 22.3. The van der Waals surface area contributed by atoms with Crippen molar-refractivity contribution >= 4 is 21.8 Å². The van der Waals surface area contributed by atoms with Crippen LogP contribution in [-0.2, 0) is 0 Å². The highest BCUT2D eigenvalue weighted by Crippen LogP contribution is 2.22. The number of alkyl halides is 1. The minimum atomic E-state index is -0.345. The Morgan fingerprint density at radius 1 is 1.41 bits per heavy atom. The number of carbonyl (C=O) groups is 1. The smallest absolute Gasteiger partial charge is 0.255 e. The first-order valence-corrected chi connectivity index (χ1v) is 6.46. The van der Waals surface area contributed by atoms with Gasteiger partial charge in [0.1, 0.15) is 11.5 Å². The Labute approximate surface area is 109 Å². The van der Waals surface area contributed by atoms with E-state index in [-0.39, 0.29) is 29.0 Å². The summed E-state index contributed by atoms with van der Waals surface area (Å²) in [7, 11) is 0. The van der Waals surface area contributed by atoms with Crippen LogP contribution < -0.4 is 5.32 Å². The summed E-state index contributed by atoms with van der Waals surface area (Å²) in [5.41, 5.74) is 0.163. The summed E-state index contributed by atoms with van der Waals surface area (Å²) in [6.45, 7) is 3.91. The summed E-state index contributed by atoms with van der Waals surface area (Å²) < 4.78 is 0. The lowest BCUT2D eigenvalue weighted by Gasteiger charge is -2.19. The summed E-state index contributed by atoms with van der Waals surface area (Å²) in [5.74, 6) is -0.344. The van der Waals surface area contributed by atoms with E-state index in [9.17, 15) is 9.90 Å². The lowest BCUT2D eigenvalue weighted by Crippen LogP contribution is -2.37. The van der Waals surface area contributed by atoms with Crippen LogP contribution in [-0.4, -0.2) is 27.5 Å². The van der Waals surface area contributed by atoms with Crippen molar-refractivity contribution < 1.29 is 15.0 Å². The van der Waals surface area contributed by atoms with E-state index in [4.69, 9.17) is 5.11 Å². The highest BCUT2D eigenvalue weighted by molar-refractivity contribution is 9.09. The van der Waals surface area contributed by atoms with Gasteiger partial charge in [0.15, 0.2) is 0 Å². The molecule has 0 heterocycles. The van der Waals surface area contributed by atoms with Crippen molar-refractivity contribution in [3.05, 3.63) is 23.8 Å². The fourth-order valence-corrected chi connectivity index (χ4v) is 1.83. The second kappa shape index (κ2) is 5.91. The molecule has 3 N–H and O–H groups in total. The quantitative estimate of drug-likeness (QED) is 0.747. The maximum Gasteiger partial charge on any atom is 0.255 e. The molecule has 0 saturated heterocycles. The number of hydrogen-bond donors (Lipinski definition) is 3. The van der Waals surface area contributed by atoms with Gasteiger partial charge >= 0.3 is 0 Å². The first-order valence-electron chi connectivity index (χ1n) is 5.34. The third kappa shape index (κ3) is 3.63. The van der Waals surface area contributed by atoms with Gasteiger partial charge in [-0.1, -0.05) is 22.9 Å². The van der Waals surface area contributed by atoms with Gasteiger partial charge in [0.2, 0.25) is 0 Å². The van der Waals surface area contributed by atoms with Gasteiger partial charge in [-0.15, -0.1) is 0 Å². The standard InChI is InChI=1S/C12H16BrNO3/c1-7(6-13)8(2)14-12(17)10-4-3-9(15)5-11(10)16/h3-5,7-8,15-16H,6H2,1-2H3,(H,14,17). The Kier molecular flexibility index (Phi) is 4.81. The lowest BCUT2D eigenvalue weighted by molar-refractivity contribution is 0.0928. The molecule has 0 fully saturated rings. The summed E-state index contributed by atoms with van der Waals surface area (Å²) in [4.78, 5) is 11.8.